The van der Waals surface area contributed by atoms with E-state index in [1.807, 2.05) is 6.07 Å². The molecule has 0 radical (unpaired) electrons. The average Bonchev–Trinajstić information content (AvgIpc) is 2.68. The van der Waals surface area contributed by atoms with E-state index >= 15 is 0 Å². The predicted octanol–water partition coefficient (Wildman–Crippen LogP) is 4.09. The molecule has 4 nitrogen and oxygen atoms in total. The summed E-state index contributed by atoms with van der Waals surface area (Å²) in [6.45, 7) is 0. The van der Waals surface area contributed by atoms with Gasteiger partial charge < -0.3 is 0 Å². The fourth-order valence-corrected chi connectivity index (χ4v) is 4.11. The maximum absolute atomic E-state index is 13.7. The maximum Gasteiger partial charge on any atom is 0.207 e. The first-order chi connectivity index (χ1) is 13.3. The number of benzene rings is 3. The van der Waals surface area contributed by atoms with Crippen molar-refractivity contribution in [2.75, 3.05) is 0 Å². The minimum absolute atomic E-state index is 0.0284. The summed E-state index contributed by atoms with van der Waals surface area (Å²) < 4.78 is 52.2. The van der Waals surface area contributed by atoms with Crippen LogP contribution in [0.25, 0.3) is 0 Å². The number of rotatable bonds is 5. The lowest BCUT2D eigenvalue weighted by atomic mass is 10.0. The molecule has 0 atom stereocenters. The highest BCUT2D eigenvalue weighted by Gasteiger charge is 2.21. The molecular weight excluding hydrogens is 384 g/mol. The van der Waals surface area contributed by atoms with Gasteiger partial charge in [-0.05, 0) is 42.0 Å². The smallest absolute Gasteiger partial charge is 0.207 e. The van der Waals surface area contributed by atoms with Crippen LogP contribution >= 0.6 is 0 Å². The van der Waals surface area contributed by atoms with Crippen molar-refractivity contribution in [3.63, 3.8) is 0 Å². The Hall–Kier alpha value is -3.37. The SMILES string of the molecule is N#Cc1ccccc1S(=O)(=O)c1ccc(CC(=O)c2ccc(F)cc2F)cc1. The van der Waals surface area contributed by atoms with Gasteiger partial charge in [-0.3, -0.25) is 4.79 Å². The van der Waals surface area contributed by atoms with Gasteiger partial charge in [0.2, 0.25) is 9.84 Å². The molecule has 0 heterocycles. The summed E-state index contributed by atoms with van der Waals surface area (Å²) in [6.07, 6.45) is -0.169. The van der Waals surface area contributed by atoms with E-state index in [9.17, 15) is 22.0 Å². The van der Waals surface area contributed by atoms with Crippen molar-refractivity contribution in [1.29, 1.82) is 5.26 Å². The van der Waals surface area contributed by atoms with Crippen LogP contribution in [0.1, 0.15) is 21.5 Å². The summed E-state index contributed by atoms with van der Waals surface area (Å²) in [5, 5.41) is 9.11. The van der Waals surface area contributed by atoms with Gasteiger partial charge in [0.25, 0.3) is 0 Å². The van der Waals surface area contributed by atoms with Crippen molar-refractivity contribution in [2.45, 2.75) is 16.2 Å². The number of halogens is 2. The molecule has 0 N–H and O–H groups in total. The zero-order chi connectivity index (χ0) is 20.3. The van der Waals surface area contributed by atoms with E-state index in [2.05, 4.69) is 0 Å². The van der Waals surface area contributed by atoms with Crippen molar-refractivity contribution in [2.24, 2.45) is 0 Å². The van der Waals surface area contributed by atoms with Gasteiger partial charge in [0, 0.05) is 12.5 Å². The third kappa shape index (κ3) is 3.82. The molecule has 0 aromatic heterocycles. The molecule has 0 amide bonds. The highest BCUT2D eigenvalue weighted by Crippen LogP contribution is 2.24. The fraction of sp³-hybridized carbons (Fsp3) is 0.0476. The molecule has 0 aliphatic carbocycles. The average molecular weight is 397 g/mol. The molecule has 3 aromatic carbocycles. The second-order valence-electron chi connectivity index (χ2n) is 5.98. The number of Topliss-reactive ketones (excluding diaryl/α,β-unsaturated/α-hetero) is 1. The van der Waals surface area contributed by atoms with Crippen LogP contribution < -0.4 is 0 Å². The Bertz CT molecular complexity index is 1200. The molecule has 0 spiro atoms. The lowest BCUT2D eigenvalue weighted by molar-refractivity contribution is 0.0989. The third-order valence-electron chi connectivity index (χ3n) is 4.13. The third-order valence-corrected chi connectivity index (χ3v) is 5.95. The first-order valence-electron chi connectivity index (χ1n) is 8.14. The largest absolute Gasteiger partial charge is 0.294 e. The van der Waals surface area contributed by atoms with E-state index in [1.165, 1.54) is 42.5 Å². The standard InChI is InChI=1S/C21H13F2NO3S/c22-16-7-10-18(19(23)12-16)20(25)11-14-5-8-17(9-6-14)28(26,27)21-4-2-1-3-15(21)13-24/h1-10,12H,11H2. The second kappa shape index (κ2) is 7.71. The number of hydrogen-bond donors (Lipinski definition) is 0. The van der Waals surface area contributed by atoms with Gasteiger partial charge in [0.1, 0.15) is 17.7 Å². The quantitative estimate of drug-likeness (QED) is 0.608. The molecule has 3 rings (SSSR count). The fourth-order valence-electron chi connectivity index (χ4n) is 2.70. The molecule has 0 unspecified atom stereocenters. The molecule has 0 bridgehead atoms. The van der Waals surface area contributed by atoms with Crippen LogP contribution in [-0.2, 0) is 16.3 Å². The first-order valence-corrected chi connectivity index (χ1v) is 9.62. The number of nitriles is 1. The van der Waals surface area contributed by atoms with E-state index in [0.717, 1.165) is 12.1 Å². The number of hydrogen-bond acceptors (Lipinski definition) is 4. The summed E-state index contributed by atoms with van der Waals surface area (Å²) in [7, 11) is -3.90. The maximum atomic E-state index is 13.7. The first kappa shape index (κ1) is 19.4. The molecule has 0 aliphatic heterocycles. The Morgan fingerprint density at radius 3 is 2.29 bits per heavy atom. The van der Waals surface area contributed by atoms with Gasteiger partial charge in [0.15, 0.2) is 5.78 Å². The van der Waals surface area contributed by atoms with E-state index in [-0.39, 0.29) is 27.3 Å². The highest BCUT2D eigenvalue weighted by atomic mass is 32.2. The van der Waals surface area contributed by atoms with Crippen LogP contribution in [0, 0.1) is 23.0 Å². The number of ketones is 1. The molecule has 7 heteroatoms. The summed E-state index contributed by atoms with van der Waals surface area (Å²) in [4.78, 5) is 12.1. The van der Waals surface area contributed by atoms with Gasteiger partial charge in [-0.1, -0.05) is 24.3 Å². The topological polar surface area (TPSA) is 75.0 Å². The van der Waals surface area contributed by atoms with Crippen LogP contribution in [-0.4, -0.2) is 14.2 Å². The van der Waals surface area contributed by atoms with E-state index in [4.69, 9.17) is 5.26 Å². The Kier molecular flexibility index (Phi) is 5.34. The van der Waals surface area contributed by atoms with Gasteiger partial charge in [0.05, 0.1) is 20.9 Å². The lowest BCUT2D eigenvalue weighted by Gasteiger charge is -2.08. The van der Waals surface area contributed by atoms with Crippen LogP contribution in [0.4, 0.5) is 8.78 Å². The Morgan fingerprint density at radius 2 is 1.64 bits per heavy atom. The van der Waals surface area contributed by atoms with E-state index in [0.29, 0.717) is 11.6 Å². The van der Waals surface area contributed by atoms with Gasteiger partial charge in [-0.2, -0.15) is 5.26 Å². The van der Waals surface area contributed by atoms with Crippen molar-refractivity contribution >= 4 is 15.6 Å². The van der Waals surface area contributed by atoms with Crippen LogP contribution in [0.15, 0.2) is 76.5 Å². The van der Waals surface area contributed by atoms with Gasteiger partial charge in [-0.15, -0.1) is 0 Å². The molecule has 28 heavy (non-hydrogen) atoms. The summed E-state index contributed by atoms with van der Waals surface area (Å²) in [6, 6.07) is 16.0. The minimum atomic E-state index is -3.90. The number of carbonyl (C=O) groups excluding carboxylic acids is 1. The number of nitrogens with zero attached hydrogens (tertiary/aromatic N) is 1. The summed E-state index contributed by atoms with van der Waals surface area (Å²) in [5.74, 6) is -2.28. The zero-order valence-electron chi connectivity index (χ0n) is 14.4. The van der Waals surface area contributed by atoms with Crippen molar-refractivity contribution in [1.82, 2.24) is 0 Å². The van der Waals surface area contributed by atoms with Gasteiger partial charge in [-0.25, -0.2) is 17.2 Å². The Balaban J connectivity index is 1.85. The zero-order valence-corrected chi connectivity index (χ0v) is 15.2. The van der Waals surface area contributed by atoms with E-state index < -0.39 is 27.3 Å². The second-order valence-corrected chi connectivity index (χ2v) is 7.90. The number of sulfone groups is 1. The number of carbonyl (C=O) groups is 1. The summed E-state index contributed by atoms with van der Waals surface area (Å²) in [5.41, 5.74) is 0.274. The molecular formula is C21H13F2NO3S. The highest BCUT2D eigenvalue weighted by molar-refractivity contribution is 7.91. The van der Waals surface area contributed by atoms with Crippen LogP contribution in [0.5, 0.6) is 0 Å². The predicted molar refractivity (Wildman–Crippen MR) is 97.4 cm³/mol. The normalized spacial score (nSPS) is 11.0. The minimum Gasteiger partial charge on any atom is -0.294 e. The molecule has 140 valence electrons. The molecule has 0 saturated heterocycles. The summed E-state index contributed by atoms with van der Waals surface area (Å²) >= 11 is 0. The molecule has 3 aromatic rings. The van der Waals surface area contributed by atoms with Crippen molar-refractivity contribution in [3.05, 3.63) is 95.1 Å². The van der Waals surface area contributed by atoms with Gasteiger partial charge >= 0.3 is 0 Å². The molecule has 0 saturated carbocycles. The van der Waals surface area contributed by atoms with Crippen molar-refractivity contribution in [3.8, 4) is 6.07 Å². The van der Waals surface area contributed by atoms with Crippen LogP contribution in [0.3, 0.4) is 0 Å². The van der Waals surface area contributed by atoms with E-state index in [1.54, 1.807) is 6.07 Å². The molecule has 0 fully saturated rings. The Morgan fingerprint density at radius 1 is 0.964 bits per heavy atom. The molecule has 0 aliphatic rings. The van der Waals surface area contributed by atoms with Crippen molar-refractivity contribution < 1.29 is 22.0 Å². The lowest BCUT2D eigenvalue weighted by Crippen LogP contribution is -2.07. The Labute approximate surface area is 160 Å². The van der Waals surface area contributed by atoms with Crippen LogP contribution in [0.2, 0.25) is 0 Å². The monoisotopic (exact) mass is 397 g/mol.